The lowest BCUT2D eigenvalue weighted by molar-refractivity contribution is -0.140. The van der Waals surface area contributed by atoms with Gasteiger partial charge >= 0.3 is 5.97 Å². The molecule has 0 aromatic rings. The summed E-state index contributed by atoms with van der Waals surface area (Å²) in [5.41, 5.74) is 0. The van der Waals surface area contributed by atoms with E-state index in [9.17, 15) is 13.2 Å². The molecule has 1 saturated carbocycles. The van der Waals surface area contributed by atoms with Crippen molar-refractivity contribution in [3.8, 4) is 0 Å². The predicted molar refractivity (Wildman–Crippen MR) is 74.2 cm³/mol. The van der Waals surface area contributed by atoms with Crippen molar-refractivity contribution in [2.75, 3.05) is 33.9 Å². The van der Waals surface area contributed by atoms with Crippen molar-refractivity contribution in [1.29, 1.82) is 0 Å². The lowest BCUT2D eigenvalue weighted by Gasteiger charge is -2.31. The van der Waals surface area contributed by atoms with E-state index >= 15 is 0 Å². The van der Waals surface area contributed by atoms with Gasteiger partial charge in [0.2, 0.25) is 0 Å². The molecule has 0 unspecified atom stereocenters. The first-order valence-electron chi connectivity index (χ1n) is 6.84. The van der Waals surface area contributed by atoms with Crippen LogP contribution in [0.15, 0.2) is 0 Å². The molecular formula is C12H24N2O5S. The van der Waals surface area contributed by atoms with Gasteiger partial charge in [-0.05, 0) is 12.8 Å². The van der Waals surface area contributed by atoms with Crippen molar-refractivity contribution < 1.29 is 23.1 Å². The Balaban J connectivity index is 2.72. The molecule has 0 heterocycles. The fourth-order valence-corrected chi connectivity index (χ4v) is 4.00. The molecule has 0 saturated heterocycles. The van der Waals surface area contributed by atoms with Gasteiger partial charge in [-0.3, -0.25) is 4.79 Å². The molecule has 20 heavy (non-hydrogen) atoms. The van der Waals surface area contributed by atoms with Crippen LogP contribution in [0.25, 0.3) is 0 Å². The maximum absolute atomic E-state index is 12.5. The highest BCUT2D eigenvalue weighted by Gasteiger charge is 2.34. The van der Waals surface area contributed by atoms with Crippen LogP contribution in [0.5, 0.6) is 0 Å². The Labute approximate surface area is 120 Å². The Morgan fingerprint density at radius 3 is 2.40 bits per heavy atom. The molecule has 0 aliphatic heterocycles. The molecule has 0 radical (unpaired) electrons. The van der Waals surface area contributed by atoms with Gasteiger partial charge in [-0.1, -0.05) is 12.8 Å². The third kappa shape index (κ3) is 4.41. The zero-order valence-electron chi connectivity index (χ0n) is 12.1. The van der Waals surface area contributed by atoms with Crippen molar-refractivity contribution >= 4 is 16.2 Å². The van der Waals surface area contributed by atoms with Gasteiger partial charge in [-0.15, -0.1) is 0 Å². The number of hydrogen-bond acceptors (Lipinski definition) is 5. The number of carbonyl (C=O) groups is 1. The summed E-state index contributed by atoms with van der Waals surface area (Å²) in [6, 6.07) is -0.0484. The van der Waals surface area contributed by atoms with E-state index in [1.165, 1.54) is 18.5 Å². The molecule has 7 nitrogen and oxygen atoms in total. The number of hydrogen-bond donors (Lipinski definition) is 1. The third-order valence-electron chi connectivity index (χ3n) is 3.60. The zero-order valence-corrected chi connectivity index (χ0v) is 12.9. The first-order chi connectivity index (χ1) is 9.43. The number of esters is 1. The summed E-state index contributed by atoms with van der Waals surface area (Å²) in [6.45, 7) is -0.0419. The third-order valence-corrected chi connectivity index (χ3v) is 5.64. The molecule has 118 valence electrons. The number of aliphatic hydroxyl groups is 1. The molecule has 0 aromatic carbocycles. The van der Waals surface area contributed by atoms with Crippen molar-refractivity contribution in [1.82, 2.24) is 8.61 Å². The van der Waals surface area contributed by atoms with Gasteiger partial charge in [0.1, 0.15) is 0 Å². The summed E-state index contributed by atoms with van der Waals surface area (Å²) in [5, 5.41) is 9.10. The maximum atomic E-state index is 12.5. The van der Waals surface area contributed by atoms with Crippen LogP contribution in [0.3, 0.4) is 0 Å². The lowest BCUT2D eigenvalue weighted by atomic mass is 10.2. The second-order valence-electron chi connectivity index (χ2n) is 4.93. The van der Waals surface area contributed by atoms with E-state index in [1.54, 1.807) is 0 Å². The maximum Gasteiger partial charge on any atom is 0.306 e. The Morgan fingerprint density at radius 2 is 1.90 bits per heavy atom. The van der Waals surface area contributed by atoms with Crippen LogP contribution >= 0.6 is 0 Å². The summed E-state index contributed by atoms with van der Waals surface area (Å²) in [6.07, 6.45) is 3.68. The van der Waals surface area contributed by atoms with Crippen LogP contribution < -0.4 is 0 Å². The van der Waals surface area contributed by atoms with Gasteiger partial charge < -0.3 is 9.84 Å². The Morgan fingerprint density at radius 1 is 1.30 bits per heavy atom. The Kier molecular flexibility index (Phi) is 6.87. The Bertz CT molecular complexity index is 406. The monoisotopic (exact) mass is 308 g/mol. The number of methoxy groups -OCH3 is 1. The normalized spacial score (nSPS) is 17.1. The first-order valence-corrected chi connectivity index (χ1v) is 8.24. The van der Waals surface area contributed by atoms with Gasteiger partial charge in [0.05, 0.1) is 20.1 Å². The van der Waals surface area contributed by atoms with E-state index in [4.69, 9.17) is 5.11 Å². The molecule has 0 bridgehead atoms. The van der Waals surface area contributed by atoms with Crippen LogP contribution in [0.2, 0.25) is 0 Å². The molecular weight excluding hydrogens is 284 g/mol. The van der Waals surface area contributed by atoms with Crippen LogP contribution in [0, 0.1) is 0 Å². The number of carbonyl (C=O) groups excluding carboxylic acids is 1. The number of aliphatic hydroxyl groups excluding tert-OH is 1. The quantitative estimate of drug-likeness (QED) is 0.636. The summed E-state index contributed by atoms with van der Waals surface area (Å²) >= 11 is 0. The highest BCUT2D eigenvalue weighted by molar-refractivity contribution is 7.86. The van der Waals surface area contributed by atoms with E-state index < -0.39 is 16.2 Å². The fraction of sp³-hybridized carbons (Fsp3) is 0.917. The molecule has 0 amide bonds. The van der Waals surface area contributed by atoms with Gasteiger partial charge in [0, 0.05) is 26.2 Å². The molecule has 0 atom stereocenters. The van der Waals surface area contributed by atoms with E-state index in [0.29, 0.717) is 0 Å². The molecule has 1 rings (SSSR count). The van der Waals surface area contributed by atoms with Crippen molar-refractivity contribution in [3.63, 3.8) is 0 Å². The number of nitrogens with zero attached hydrogens (tertiary/aromatic N) is 2. The molecule has 1 aliphatic rings. The summed E-state index contributed by atoms with van der Waals surface area (Å²) in [7, 11) is -0.938. The average Bonchev–Trinajstić information content (AvgIpc) is 2.94. The van der Waals surface area contributed by atoms with Crippen molar-refractivity contribution in [2.24, 2.45) is 0 Å². The second-order valence-corrected chi connectivity index (χ2v) is 6.92. The minimum absolute atomic E-state index is 0.0177. The van der Waals surface area contributed by atoms with Gasteiger partial charge in [-0.2, -0.15) is 17.0 Å². The molecule has 1 N–H and O–H groups in total. The first kappa shape index (κ1) is 17.4. The molecule has 1 fully saturated rings. The van der Waals surface area contributed by atoms with Crippen LogP contribution in [-0.4, -0.2) is 68.0 Å². The van der Waals surface area contributed by atoms with Crippen LogP contribution in [0.4, 0.5) is 0 Å². The summed E-state index contributed by atoms with van der Waals surface area (Å²) in [5.74, 6) is -0.443. The Hall–Kier alpha value is -0.700. The smallest absolute Gasteiger partial charge is 0.306 e. The molecule has 1 aliphatic carbocycles. The van der Waals surface area contributed by atoms with Gasteiger partial charge in [0.15, 0.2) is 0 Å². The van der Waals surface area contributed by atoms with Crippen LogP contribution in [-0.2, 0) is 19.7 Å². The van der Waals surface area contributed by atoms with Crippen LogP contribution in [0.1, 0.15) is 32.1 Å². The minimum atomic E-state index is -3.65. The van der Waals surface area contributed by atoms with E-state index in [-0.39, 0.29) is 32.2 Å². The number of rotatable bonds is 8. The number of ether oxygens (including phenoxy) is 1. The largest absolute Gasteiger partial charge is 0.469 e. The van der Waals surface area contributed by atoms with E-state index in [2.05, 4.69) is 4.74 Å². The predicted octanol–water partition coefficient (Wildman–Crippen LogP) is -0.0370. The van der Waals surface area contributed by atoms with Gasteiger partial charge in [0.25, 0.3) is 10.2 Å². The zero-order chi connectivity index (χ0) is 15.2. The van der Waals surface area contributed by atoms with Crippen molar-refractivity contribution in [2.45, 2.75) is 38.1 Å². The highest BCUT2D eigenvalue weighted by Crippen LogP contribution is 2.26. The molecule has 8 heteroatoms. The highest BCUT2D eigenvalue weighted by atomic mass is 32.2. The van der Waals surface area contributed by atoms with Crippen molar-refractivity contribution in [3.05, 3.63) is 0 Å². The second kappa shape index (κ2) is 7.92. The average molecular weight is 308 g/mol. The van der Waals surface area contributed by atoms with Gasteiger partial charge in [-0.25, -0.2) is 0 Å². The molecule has 0 aromatic heterocycles. The standard InChI is InChI=1S/C12H24N2O5S/c1-13(8-7-12(16)19-2)20(17,18)14(9-10-15)11-5-3-4-6-11/h11,15H,3-10H2,1-2H3. The SMILES string of the molecule is COC(=O)CCN(C)S(=O)(=O)N(CCO)C1CCCC1. The topological polar surface area (TPSA) is 87.2 Å². The van der Waals surface area contributed by atoms with E-state index in [0.717, 1.165) is 30.0 Å². The molecule has 0 spiro atoms. The lowest BCUT2D eigenvalue weighted by Crippen LogP contribution is -2.48. The minimum Gasteiger partial charge on any atom is -0.469 e. The van der Waals surface area contributed by atoms with E-state index in [1.807, 2.05) is 0 Å². The summed E-state index contributed by atoms with van der Waals surface area (Å²) in [4.78, 5) is 11.1. The summed E-state index contributed by atoms with van der Waals surface area (Å²) < 4.78 is 32.0. The fourth-order valence-electron chi connectivity index (χ4n) is 2.42.